The van der Waals surface area contributed by atoms with Crippen molar-refractivity contribution in [2.45, 2.75) is 20.0 Å². The maximum Gasteiger partial charge on any atom is 0.276 e. The van der Waals surface area contributed by atoms with Gasteiger partial charge in [0, 0.05) is 45.5 Å². The number of hydrogen-bond acceptors (Lipinski definition) is 10. The van der Waals surface area contributed by atoms with E-state index in [0.29, 0.717) is 55.2 Å². The summed E-state index contributed by atoms with van der Waals surface area (Å²) in [4.78, 5) is 52.1. The molecule has 1 atom stereocenters. The van der Waals surface area contributed by atoms with Gasteiger partial charge in [-0.05, 0) is 43.7 Å². The van der Waals surface area contributed by atoms with Crippen molar-refractivity contribution in [2.24, 2.45) is 0 Å². The summed E-state index contributed by atoms with van der Waals surface area (Å²) in [6.07, 6.45) is 0.638. The highest BCUT2D eigenvalue weighted by Gasteiger charge is 2.41. The average Bonchev–Trinajstić information content (AvgIpc) is 3.52. The van der Waals surface area contributed by atoms with Crippen LogP contribution in [0.15, 0.2) is 47.4 Å². The number of benzene rings is 2. The summed E-state index contributed by atoms with van der Waals surface area (Å²) in [5, 5.41) is 25.8. The first-order valence-electron chi connectivity index (χ1n) is 14.6. The standard InChI is InChI=1S/C31H35N7O6/c1-18-3-4-26(19(2)13-18)44-17-20(40)16-33-23-5-6-32-29(41)27(23)28-34-24-14-21-22(15-25(24)35-28)31(43)38(30(21)42)37-9-7-36(8-10-37)11-12-39/h3-6,13-15,20,39-40H,7-12,16-17H2,1-2H3,(H,34,35)(H2,32,33,41). The lowest BCUT2D eigenvalue weighted by Gasteiger charge is -2.37. The van der Waals surface area contributed by atoms with E-state index in [2.05, 4.69) is 25.2 Å². The lowest BCUT2D eigenvalue weighted by molar-refractivity contribution is -0.0227. The summed E-state index contributed by atoms with van der Waals surface area (Å²) >= 11 is 0. The molecule has 0 aliphatic carbocycles. The third-order valence-corrected chi connectivity index (χ3v) is 8.00. The quantitative estimate of drug-likeness (QED) is 0.168. The molecule has 230 valence electrons. The van der Waals surface area contributed by atoms with Gasteiger partial charge in [0.2, 0.25) is 0 Å². The molecular weight excluding hydrogens is 566 g/mol. The fourth-order valence-corrected chi connectivity index (χ4v) is 5.70. The lowest BCUT2D eigenvalue weighted by Crippen LogP contribution is -2.55. The van der Waals surface area contributed by atoms with Gasteiger partial charge >= 0.3 is 0 Å². The second-order valence-corrected chi connectivity index (χ2v) is 11.2. The molecule has 2 aliphatic heterocycles. The van der Waals surface area contributed by atoms with E-state index in [1.54, 1.807) is 23.2 Å². The first-order valence-corrected chi connectivity index (χ1v) is 14.6. The average molecular weight is 602 g/mol. The number of aliphatic hydroxyl groups is 2. The number of fused-ring (bicyclic) bond motifs is 2. The van der Waals surface area contributed by atoms with E-state index in [4.69, 9.17) is 4.74 Å². The Kier molecular flexibility index (Phi) is 8.19. The Labute approximate surface area is 253 Å². The highest BCUT2D eigenvalue weighted by atomic mass is 16.5. The Morgan fingerprint density at radius 1 is 1.02 bits per heavy atom. The number of carbonyl (C=O) groups excluding carboxylic acids is 2. The number of nitrogens with one attached hydrogen (secondary N) is 3. The second-order valence-electron chi connectivity index (χ2n) is 11.2. The largest absolute Gasteiger partial charge is 0.491 e. The van der Waals surface area contributed by atoms with E-state index in [-0.39, 0.29) is 42.3 Å². The number of carbonyl (C=O) groups is 2. The van der Waals surface area contributed by atoms with Crippen molar-refractivity contribution in [2.75, 3.05) is 57.8 Å². The van der Waals surface area contributed by atoms with Crippen LogP contribution in [0.2, 0.25) is 0 Å². The van der Waals surface area contributed by atoms with Gasteiger partial charge < -0.3 is 30.2 Å². The molecule has 0 bridgehead atoms. The minimum absolute atomic E-state index is 0.0586. The number of hydrazine groups is 1. The summed E-state index contributed by atoms with van der Waals surface area (Å²) < 4.78 is 5.79. The summed E-state index contributed by atoms with van der Waals surface area (Å²) in [6.45, 7) is 6.99. The van der Waals surface area contributed by atoms with E-state index in [1.165, 1.54) is 11.2 Å². The van der Waals surface area contributed by atoms with Crippen LogP contribution in [0.25, 0.3) is 22.4 Å². The Morgan fingerprint density at radius 2 is 1.77 bits per heavy atom. The van der Waals surface area contributed by atoms with Crippen molar-refractivity contribution in [3.63, 3.8) is 0 Å². The van der Waals surface area contributed by atoms with Crippen molar-refractivity contribution in [3.05, 3.63) is 75.2 Å². The van der Waals surface area contributed by atoms with E-state index >= 15 is 0 Å². The van der Waals surface area contributed by atoms with Crippen LogP contribution < -0.4 is 15.6 Å². The van der Waals surface area contributed by atoms with Crippen LogP contribution in [-0.4, -0.2) is 110 Å². The second kappa shape index (κ2) is 12.2. The Balaban J connectivity index is 1.18. The molecule has 44 heavy (non-hydrogen) atoms. The van der Waals surface area contributed by atoms with Crippen LogP contribution >= 0.6 is 0 Å². The molecule has 13 heteroatoms. The van der Waals surface area contributed by atoms with E-state index in [1.807, 2.05) is 32.0 Å². The number of rotatable bonds is 10. The number of amides is 2. The minimum Gasteiger partial charge on any atom is -0.491 e. The van der Waals surface area contributed by atoms with Gasteiger partial charge in [0.05, 0.1) is 34.5 Å². The van der Waals surface area contributed by atoms with Gasteiger partial charge in [0.15, 0.2) is 0 Å². The predicted molar refractivity (Wildman–Crippen MR) is 164 cm³/mol. The third kappa shape index (κ3) is 5.69. The van der Waals surface area contributed by atoms with Crippen molar-refractivity contribution in [1.29, 1.82) is 0 Å². The molecule has 0 spiro atoms. The first kappa shape index (κ1) is 29.5. The third-order valence-electron chi connectivity index (χ3n) is 8.00. The zero-order valence-corrected chi connectivity index (χ0v) is 24.6. The van der Waals surface area contributed by atoms with Crippen molar-refractivity contribution in [3.8, 4) is 17.1 Å². The Morgan fingerprint density at radius 3 is 2.50 bits per heavy atom. The van der Waals surface area contributed by atoms with Crippen LogP contribution in [0.3, 0.4) is 0 Å². The number of H-pyrrole nitrogens is 2. The number of β-amino-alcohol motifs (C(OH)–C–C–N with tert-alkyl or cyclic N) is 1. The van der Waals surface area contributed by atoms with Crippen LogP contribution in [0.1, 0.15) is 31.8 Å². The van der Waals surface area contributed by atoms with Crippen molar-refractivity contribution < 1.29 is 24.5 Å². The van der Waals surface area contributed by atoms with Gasteiger partial charge in [-0.15, -0.1) is 0 Å². The highest BCUT2D eigenvalue weighted by molar-refractivity contribution is 6.22. The van der Waals surface area contributed by atoms with Gasteiger partial charge in [-0.3, -0.25) is 19.3 Å². The maximum atomic E-state index is 13.3. The molecule has 13 nitrogen and oxygen atoms in total. The number of hydrogen-bond donors (Lipinski definition) is 5. The molecule has 5 N–H and O–H groups in total. The van der Waals surface area contributed by atoms with Crippen LogP contribution in [-0.2, 0) is 0 Å². The summed E-state index contributed by atoms with van der Waals surface area (Å²) in [6, 6.07) is 10.7. The number of pyridine rings is 1. The van der Waals surface area contributed by atoms with Gasteiger partial charge in [0.1, 0.15) is 29.8 Å². The van der Waals surface area contributed by atoms with Gasteiger partial charge in [-0.25, -0.2) is 15.0 Å². The number of nitrogens with zero attached hydrogens (tertiary/aromatic N) is 4. The zero-order valence-electron chi connectivity index (χ0n) is 24.6. The molecule has 2 aromatic carbocycles. The number of aliphatic hydroxyl groups excluding tert-OH is 2. The topological polar surface area (TPSA) is 167 Å². The molecule has 0 radical (unpaired) electrons. The number of aromatic nitrogens is 3. The van der Waals surface area contributed by atoms with Crippen LogP contribution in [0.5, 0.6) is 5.75 Å². The first-order chi connectivity index (χ1) is 21.2. The number of piperazine rings is 1. The normalized spacial score (nSPS) is 16.5. The number of aromatic amines is 2. The molecule has 1 saturated heterocycles. The molecule has 2 aliphatic rings. The van der Waals surface area contributed by atoms with Gasteiger partial charge in [-0.1, -0.05) is 17.7 Å². The molecule has 2 aromatic heterocycles. The Hall–Kier alpha value is -4.56. The molecule has 2 amide bonds. The van der Waals surface area contributed by atoms with E-state index < -0.39 is 23.5 Å². The fraction of sp³-hybridized carbons (Fsp3) is 0.355. The number of ether oxygens (including phenoxy) is 1. The number of imide groups is 1. The molecular formula is C31H35N7O6. The molecule has 1 fully saturated rings. The van der Waals surface area contributed by atoms with Crippen molar-refractivity contribution >= 4 is 28.5 Å². The van der Waals surface area contributed by atoms with Crippen LogP contribution in [0.4, 0.5) is 5.69 Å². The molecule has 4 heterocycles. The highest BCUT2D eigenvalue weighted by Crippen LogP contribution is 2.31. The summed E-state index contributed by atoms with van der Waals surface area (Å²) in [7, 11) is 0. The zero-order chi connectivity index (χ0) is 31.0. The smallest absolute Gasteiger partial charge is 0.276 e. The van der Waals surface area contributed by atoms with E-state index in [9.17, 15) is 24.6 Å². The summed E-state index contributed by atoms with van der Waals surface area (Å²) in [5.41, 5.74) is 3.84. The number of aryl methyl sites for hydroxylation is 2. The maximum absolute atomic E-state index is 13.3. The van der Waals surface area contributed by atoms with Crippen molar-refractivity contribution in [1.82, 2.24) is 29.9 Å². The lowest BCUT2D eigenvalue weighted by atomic mass is 10.1. The van der Waals surface area contributed by atoms with Crippen LogP contribution in [0, 0.1) is 13.8 Å². The monoisotopic (exact) mass is 601 g/mol. The SMILES string of the molecule is Cc1ccc(OCC(O)CNc2cc[nH]c(=O)c2-c2nc3cc4c(cc3[nH]2)C(=O)N(N2CCN(CCO)CC2)C4=O)c(C)c1. The number of imidazole rings is 1. The van der Waals surface area contributed by atoms with Gasteiger partial charge in [-0.2, -0.15) is 0 Å². The summed E-state index contributed by atoms with van der Waals surface area (Å²) in [5.74, 6) is 0.131. The molecule has 0 saturated carbocycles. The molecule has 1 unspecified atom stereocenters. The minimum atomic E-state index is -0.862. The molecule has 4 aromatic rings. The van der Waals surface area contributed by atoms with E-state index in [0.717, 1.165) is 11.1 Å². The predicted octanol–water partition coefficient (Wildman–Crippen LogP) is 1.51. The Bertz CT molecular complexity index is 1720. The molecule has 6 rings (SSSR count). The fourth-order valence-electron chi connectivity index (χ4n) is 5.70. The van der Waals surface area contributed by atoms with Gasteiger partial charge in [0.25, 0.3) is 17.4 Å². The number of anilines is 1.